The van der Waals surface area contributed by atoms with E-state index in [1.165, 1.54) is 11.1 Å². The van der Waals surface area contributed by atoms with Gasteiger partial charge in [0.15, 0.2) is 0 Å². The van der Waals surface area contributed by atoms with Crippen molar-refractivity contribution >= 4 is 16.9 Å². The number of ether oxygens (including phenoxy) is 1. The number of aromatic nitrogens is 1. The molecule has 3 N–H and O–H groups in total. The lowest BCUT2D eigenvalue weighted by molar-refractivity contribution is 0.0539. The number of aliphatic hydroxyl groups is 2. The predicted molar refractivity (Wildman–Crippen MR) is 185 cm³/mol. The molecular formula is C39H49NO4. The average Bonchev–Trinajstić information content (AvgIpc) is 3.39. The fourth-order valence-corrected chi connectivity index (χ4v) is 4.29. The molecule has 0 radical (unpaired) electrons. The molecule has 1 aromatic carbocycles. The molecule has 2 aromatic rings. The molecule has 0 amide bonds. The van der Waals surface area contributed by atoms with Crippen LogP contribution in [0, 0.1) is 0 Å². The second-order valence-electron chi connectivity index (χ2n) is 11.0. The molecule has 0 saturated heterocycles. The summed E-state index contributed by atoms with van der Waals surface area (Å²) in [4.78, 5) is 15.8. The molecule has 0 aliphatic carbocycles. The van der Waals surface area contributed by atoms with Crippen molar-refractivity contribution in [3.63, 3.8) is 0 Å². The minimum atomic E-state index is -0.453. The number of aromatic amines is 1. The molecule has 0 spiro atoms. The van der Waals surface area contributed by atoms with Gasteiger partial charge in [-0.1, -0.05) is 126 Å². The number of allylic oxidation sites excluding steroid dienone is 17. The highest BCUT2D eigenvalue weighted by Crippen LogP contribution is 2.23. The molecule has 234 valence electrons. The number of rotatable bonds is 17. The van der Waals surface area contributed by atoms with Gasteiger partial charge in [0.05, 0.1) is 17.9 Å². The van der Waals surface area contributed by atoms with E-state index >= 15 is 0 Å². The van der Waals surface area contributed by atoms with Gasteiger partial charge in [0.1, 0.15) is 6.61 Å². The number of fused-ring (bicyclic) bond motifs is 1. The molecule has 0 atom stereocenters. The summed E-state index contributed by atoms with van der Waals surface area (Å²) in [6.07, 6.45) is 30.8. The van der Waals surface area contributed by atoms with Crippen LogP contribution in [-0.2, 0) is 11.3 Å². The predicted octanol–water partition coefficient (Wildman–Crippen LogP) is 9.33. The molecule has 1 heterocycles. The molecular weight excluding hydrogens is 546 g/mol. The zero-order valence-corrected chi connectivity index (χ0v) is 27.0. The maximum Gasteiger partial charge on any atom is 0.341 e. The second kappa shape index (κ2) is 20.7. The average molecular weight is 596 g/mol. The van der Waals surface area contributed by atoms with Gasteiger partial charge in [-0.05, 0) is 65.5 Å². The first-order chi connectivity index (χ1) is 21.2. The van der Waals surface area contributed by atoms with E-state index in [0.717, 1.165) is 53.3 Å². The van der Waals surface area contributed by atoms with Gasteiger partial charge in [0.2, 0.25) is 0 Å². The van der Waals surface area contributed by atoms with Crippen LogP contribution in [0.4, 0.5) is 0 Å². The van der Waals surface area contributed by atoms with E-state index in [-0.39, 0.29) is 19.8 Å². The summed E-state index contributed by atoms with van der Waals surface area (Å²) < 4.78 is 5.52. The Hall–Kier alpha value is -4.19. The van der Waals surface area contributed by atoms with Gasteiger partial charge in [0.25, 0.3) is 0 Å². The number of unbranched alkanes of at least 4 members (excludes halogenated alkanes) is 2. The number of hydrogen-bond donors (Lipinski definition) is 3. The number of para-hydroxylation sites is 1. The number of nitrogens with one attached hydrogen (secondary N) is 1. The zero-order chi connectivity index (χ0) is 32.2. The molecule has 0 bridgehead atoms. The second-order valence-corrected chi connectivity index (χ2v) is 11.0. The largest absolute Gasteiger partial charge is 0.458 e. The summed E-state index contributed by atoms with van der Waals surface area (Å²) in [7, 11) is 0. The summed E-state index contributed by atoms with van der Waals surface area (Å²) in [6.45, 7) is 10.4. The Morgan fingerprint density at radius 3 is 1.93 bits per heavy atom. The Morgan fingerprint density at radius 1 is 0.727 bits per heavy atom. The van der Waals surface area contributed by atoms with Crippen LogP contribution in [0.2, 0.25) is 0 Å². The van der Waals surface area contributed by atoms with Gasteiger partial charge in [0, 0.05) is 17.5 Å². The standard InChI is InChI=1S/C39H49NO4/c1-30(16-7-6-12-27-41)17-8-9-18-31(2)19-13-20-32(3)21-14-22-33(4)23-15-24-34(5)29-44-39(43)38-35-25-10-11-26-36(35)40-37(38)28-42/h8-11,13-15,17-26,40-42H,6-7,12,16,27-29H2,1-5H3. The zero-order valence-electron chi connectivity index (χ0n) is 27.0. The van der Waals surface area contributed by atoms with Crippen LogP contribution in [0.1, 0.15) is 76.4 Å². The van der Waals surface area contributed by atoms with Crippen LogP contribution in [0.5, 0.6) is 0 Å². The third-order valence-corrected chi connectivity index (χ3v) is 6.83. The minimum Gasteiger partial charge on any atom is -0.458 e. The van der Waals surface area contributed by atoms with Gasteiger partial charge in [-0.15, -0.1) is 0 Å². The summed E-state index contributed by atoms with van der Waals surface area (Å²) in [5, 5.41) is 19.2. The molecule has 0 aliphatic rings. The van der Waals surface area contributed by atoms with Crippen molar-refractivity contribution in [2.45, 2.75) is 66.9 Å². The topological polar surface area (TPSA) is 82.5 Å². The van der Waals surface area contributed by atoms with Crippen molar-refractivity contribution in [1.82, 2.24) is 4.98 Å². The fourth-order valence-electron chi connectivity index (χ4n) is 4.29. The Morgan fingerprint density at radius 2 is 1.30 bits per heavy atom. The van der Waals surface area contributed by atoms with Crippen LogP contribution in [0.15, 0.2) is 131 Å². The number of aliphatic hydroxyl groups excluding tert-OH is 2. The van der Waals surface area contributed by atoms with E-state index < -0.39 is 5.97 Å². The van der Waals surface area contributed by atoms with Crippen LogP contribution in [-0.4, -0.2) is 34.4 Å². The van der Waals surface area contributed by atoms with Gasteiger partial charge in [-0.25, -0.2) is 4.79 Å². The van der Waals surface area contributed by atoms with Gasteiger partial charge >= 0.3 is 5.97 Å². The number of benzene rings is 1. The molecule has 0 saturated carbocycles. The molecule has 0 aliphatic heterocycles. The van der Waals surface area contributed by atoms with E-state index in [9.17, 15) is 9.90 Å². The lowest BCUT2D eigenvalue weighted by Gasteiger charge is -2.05. The maximum atomic E-state index is 12.7. The summed E-state index contributed by atoms with van der Waals surface area (Å²) in [6, 6.07) is 7.44. The Balaban J connectivity index is 1.80. The van der Waals surface area contributed by atoms with Crippen molar-refractivity contribution in [3.8, 4) is 0 Å². The summed E-state index contributed by atoms with van der Waals surface area (Å²) in [5.74, 6) is -0.453. The summed E-state index contributed by atoms with van der Waals surface area (Å²) in [5.41, 5.74) is 7.33. The van der Waals surface area contributed by atoms with E-state index in [0.29, 0.717) is 11.3 Å². The van der Waals surface area contributed by atoms with Gasteiger partial charge in [-0.3, -0.25) is 0 Å². The number of carbonyl (C=O) groups is 1. The van der Waals surface area contributed by atoms with E-state index in [1.807, 2.05) is 68.5 Å². The van der Waals surface area contributed by atoms with Crippen LogP contribution in [0.3, 0.4) is 0 Å². The van der Waals surface area contributed by atoms with Crippen molar-refractivity contribution in [2.75, 3.05) is 13.2 Å². The van der Waals surface area contributed by atoms with Crippen LogP contribution in [0.25, 0.3) is 10.9 Å². The monoisotopic (exact) mass is 595 g/mol. The van der Waals surface area contributed by atoms with Crippen molar-refractivity contribution in [3.05, 3.63) is 142 Å². The Labute approximate surface area is 263 Å². The lowest BCUT2D eigenvalue weighted by atomic mass is 10.1. The van der Waals surface area contributed by atoms with Crippen LogP contribution >= 0.6 is 0 Å². The maximum absolute atomic E-state index is 12.7. The first kappa shape index (κ1) is 36.0. The number of H-pyrrole nitrogens is 1. The normalized spacial score (nSPS) is 14.4. The van der Waals surface area contributed by atoms with Crippen molar-refractivity contribution in [1.29, 1.82) is 0 Å². The first-order valence-electron chi connectivity index (χ1n) is 15.3. The van der Waals surface area contributed by atoms with Crippen molar-refractivity contribution < 1.29 is 19.7 Å². The van der Waals surface area contributed by atoms with Crippen LogP contribution < -0.4 is 0 Å². The van der Waals surface area contributed by atoms with Gasteiger partial charge < -0.3 is 19.9 Å². The molecule has 5 heteroatoms. The number of hydrogen-bond acceptors (Lipinski definition) is 4. The molecule has 1 aromatic heterocycles. The fraction of sp³-hybridized carbons (Fsp3) is 0.308. The minimum absolute atomic E-state index is 0.169. The smallest absolute Gasteiger partial charge is 0.341 e. The van der Waals surface area contributed by atoms with E-state index in [4.69, 9.17) is 9.84 Å². The SMILES string of the molecule is CC(C=CC=C(C)C=CC=C(C)C=CC=C(C)COC(=O)c1c(CO)[nH]c2ccccc12)=CC=CC=C(C)CCCCCO. The third kappa shape index (κ3) is 13.9. The Bertz CT molecular complexity index is 1490. The molecule has 5 nitrogen and oxygen atoms in total. The molecule has 0 unspecified atom stereocenters. The first-order valence-corrected chi connectivity index (χ1v) is 15.3. The highest BCUT2D eigenvalue weighted by atomic mass is 16.5. The van der Waals surface area contributed by atoms with E-state index in [2.05, 4.69) is 74.4 Å². The Kier molecular flexibility index (Phi) is 16.9. The molecule has 0 fully saturated rings. The highest BCUT2D eigenvalue weighted by Gasteiger charge is 2.19. The number of esters is 1. The third-order valence-electron chi connectivity index (χ3n) is 6.83. The molecule has 44 heavy (non-hydrogen) atoms. The highest BCUT2D eigenvalue weighted by molar-refractivity contribution is 6.05. The van der Waals surface area contributed by atoms with Gasteiger partial charge in [-0.2, -0.15) is 0 Å². The molecule has 2 rings (SSSR count). The van der Waals surface area contributed by atoms with Crippen molar-refractivity contribution in [2.24, 2.45) is 0 Å². The number of carbonyl (C=O) groups excluding carboxylic acids is 1. The van der Waals surface area contributed by atoms with E-state index in [1.54, 1.807) is 0 Å². The summed E-state index contributed by atoms with van der Waals surface area (Å²) >= 11 is 0. The lowest BCUT2D eigenvalue weighted by Crippen LogP contribution is -2.09. The quantitative estimate of drug-likeness (QED) is 0.0967.